The van der Waals surface area contributed by atoms with Crippen LogP contribution in [0, 0.1) is 0 Å². The number of nitrogens with one attached hydrogen (secondary N) is 1. The number of hydrogen-bond donors (Lipinski definition) is 1. The number of nitrogens with zero attached hydrogens (tertiary/aromatic N) is 1. The van der Waals surface area contributed by atoms with Crippen molar-refractivity contribution in [2.45, 2.75) is 39.5 Å². The minimum atomic E-state index is 1.15. The van der Waals surface area contributed by atoms with E-state index in [4.69, 9.17) is 0 Å². The van der Waals surface area contributed by atoms with Crippen LogP contribution in [0.15, 0.2) is 0 Å². The van der Waals surface area contributed by atoms with E-state index in [2.05, 4.69) is 30.3 Å². The van der Waals surface area contributed by atoms with E-state index in [-0.39, 0.29) is 0 Å². The van der Waals surface area contributed by atoms with Gasteiger partial charge in [-0.15, -0.1) is 0 Å². The second-order valence-electron chi connectivity index (χ2n) is 4.29. The Hall–Kier alpha value is 0.270. The Kier molecular flexibility index (Phi) is 13.6. The fourth-order valence-corrected chi connectivity index (χ4v) is 1.98. The molecule has 3 heteroatoms. The standard InChI is InChI=1S/C13H30N2S/c1-4-6-10-15(11-7-5-2)12-8-14-9-13-16-3/h14H,4-13H2,1-3H3. The first kappa shape index (κ1) is 16.3. The highest BCUT2D eigenvalue weighted by molar-refractivity contribution is 7.98. The number of hydrogen-bond acceptors (Lipinski definition) is 3. The molecule has 0 rings (SSSR count). The summed E-state index contributed by atoms with van der Waals surface area (Å²) in [5.41, 5.74) is 0. The van der Waals surface area contributed by atoms with E-state index < -0.39 is 0 Å². The van der Waals surface area contributed by atoms with Gasteiger partial charge >= 0.3 is 0 Å². The average Bonchev–Trinajstić information content (AvgIpc) is 2.31. The van der Waals surface area contributed by atoms with Gasteiger partial charge in [-0.25, -0.2) is 0 Å². The largest absolute Gasteiger partial charge is 0.315 e. The molecule has 0 aliphatic rings. The SMILES string of the molecule is CCCCN(CCCC)CCNCCSC. The Morgan fingerprint density at radius 2 is 1.56 bits per heavy atom. The Morgan fingerprint density at radius 3 is 2.06 bits per heavy atom. The average molecular weight is 246 g/mol. The van der Waals surface area contributed by atoms with Crippen LogP contribution in [0.5, 0.6) is 0 Å². The third-order valence-electron chi connectivity index (χ3n) is 2.74. The summed E-state index contributed by atoms with van der Waals surface area (Å²) in [7, 11) is 0. The van der Waals surface area contributed by atoms with Gasteiger partial charge in [-0.2, -0.15) is 11.8 Å². The van der Waals surface area contributed by atoms with Gasteiger partial charge in [0.25, 0.3) is 0 Å². The zero-order valence-electron chi connectivity index (χ0n) is 11.4. The van der Waals surface area contributed by atoms with Gasteiger partial charge in [0.05, 0.1) is 0 Å². The summed E-state index contributed by atoms with van der Waals surface area (Å²) in [6, 6.07) is 0. The van der Waals surface area contributed by atoms with Gasteiger partial charge in [-0.05, 0) is 32.2 Å². The van der Waals surface area contributed by atoms with Crippen molar-refractivity contribution in [1.82, 2.24) is 10.2 Å². The molecule has 1 N–H and O–H groups in total. The van der Waals surface area contributed by atoms with Crippen molar-refractivity contribution >= 4 is 11.8 Å². The summed E-state index contributed by atoms with van der Waals surface area (Å²) in [4.78, 5) is 2.61. The van der Waals surface area contributed by atoms with E-state index in [1.54, 1.807) is 0 Å². The summed E-state index contributed by atoms with van der Waals surface area (Å²) in [6.45, 7) is 10.6. The van der Waals surface area contributed by atoms with Crippen LogP contribution in [0.3, 0.4) is 0 Å². The fraction of sp³-hybridized carbons (Fsp3) is 1.00. The Labute approximate surface area is 107 Å². The predicted octanol–water partition coefficient (Wildman–Crippen LogP) is 2.84. The van der Waals surface area contributed by atoms with Gasteiger partial charge in [-0.3, -0.25) is 0 Å². The molecule has 2 nitrogen and oxygen atoms in total. The molecule has 0 atom stereocenters. The molecule has 0 unspecified atom stereocenters. The van der Waals surface area contributed by atoms with E-state index >= 15 is 0 Å². The van der Waals surface area contributed by atoms with Crippen molar-refractivity contribution in [1.29, 1.82) is 0 Å². The van der Waals surface area contributed by atoms with Crippen LogP contribution in [-0.4, -0.2) is 49.6 Å². The second kappa shape index (κ2) is 13.3. The van der Waals surface area contributed by atoms with Crippen molar-refractivity contribution in [3.63, 3.8) is 0 Å². The fourth-order valence-electron chi connectivity index (χ4n) is 1.64. The number of thioether (sulfide) groups is 1. The van der Waals surface area contributed by atoms with Crippen molar-refractivity contribution in [3.8, 4) is 0 Å². The maximum absolute atomic E-state index is 3.51. The highest BCUT2D eigenvalue weighted by Gasteiger charge is 2.02. The van der Waals surface area contributed by atoms with Crippen LogP contribution >= 0.6 is 11.8 Å². The minimum Gasteiger partial charge on any atom is -0.315 e. The van der Waals surface area contributed by atoms with Gasteiger partial charge in [0, 0.05) is 25.4 Å². The minimum absolute atomic E-state index is 1.15. The molecule has 0 aromatic heterocycles. The maximum Gasteiger partial charge on any atom is 0.0107 e. The van der Waals surface area contributed by atoms with Crippen molar-refractivity contribution in [2.24, 2.45) is 0 Å². The lowest BCUT2D eigenvalue weighted by Gasteiger charge is -2.22. The Morgan fingerprint density at radius 1 is 0.938 bits per heavy atom. The predicted molar refractivity (Wildman–Crippen MR) is 77.5 cm³/mol. The lowest BCUT2D eigenvalue weighted by atomic mass is 10.2. The molecule has 0 aliphatic carbocycles. The van der Waals surface area contributed by atoms with Crippen LogP contribution in [0.25, 0.3) is 0 Å². The Balaban J connectivity index is 3.48. The monoisotopic (exact) mass is 246 g/mol. The molecule has 0 aliphatic heterocycles. The first-order valence-electron chi connectivity index (χ1n) is 6.77. The van der Waals surface area contributed by atoms with Crippen LogP contribution in [0.2, 0.25) is 0 Å². The molecule has 0 aromatic rings. The first-order valence-corrected chi connectivity index (χ1v) is 8.16. The smallest absolute Gasteiger partial charge is 0.0107 e. The van der Waals surface area contributed by atoms with Gasteiger partial charge < -0.3 is 10.2 Å². The molecule has 0 aromatic carbocycles. The van der Waals surface area contributed by atoms with Gasteiger partial charge in [0.1, 0.15) is 0 Å². The zero-order valence-corrected chi connectivity index (χ0v) is 12.2. The molecule has 0 radical (unpaired) electrons. The number of rotatable bonds is 12. The quantitative estimate of drug-likeness (QED) is 0.533. The topological polar surface area (TPSA) is 15.3 Å². The van der Waals surface area contributed by atoms with Gasteiger partial charge in [-0.1, -0.05) is 26.7 Å². The molecule has 0 heterocycles. The van der Waals surface area contributed by atoms with Crippen LogP contribution in [-0.2, 0) is 0 Å². The van der Waals surface area contributed by atoms with Crippen molar-refractivity contribution < 1.29 is 0 Å². The second-order valence-corrected chi connectivity index (χ2v) is 5.28. The third kappa shape index (κ3) is 10.8. The molecule has 0 fully saturated rings. The molecule has 16 heavy (non-hydrogen) atoms. The van der Waals surface area contributed by atoms with E-state index in [9.17, 15) is 0 Å². The molecular formula is C13H30N2S. The maximum atomic E-state index is 3.51. The molecule has 0 saturated heterocycles. The summed E-state index contributed by atoms with van der Waals surface area (Å²) < 4.78 is 0. The normalized spacial score (nSPS) is 11.2. The Bertz CT molecular complexity index is 123. The molecule has 98 valence electrons. The van der Waals surface area contributed by atoms with Crippen LogP contribution < -0.4 is 5.32 Å². The molecular weight excluding hydrogens is 216 g/mol. The number of unbranched alkanes of at least 4 members (excludes halogenated alkanes) is 2. The first-order chi connectivity index (χ1) is 7.85. The van der Waals surface area contributed by atoms with Crippen LogP contribution in [0.1, 0.15) is 39.5 Å². The lowest BCUT2D eigenvalue weighted by Crippen LogP contribution is -2.34. The van der Waals surface area contributed by atoms with Gasteiger partial charge in [0.15, 0.2) is 0 Å². The van der Waals surface area contributed by atoms with E-state index in [0.29, 0.717) is 0 Å². The third-order valence-corrected chi connectivity index (χ3v) is 3.36. The van der Waals surface area contributed by atoms with Crippen LogP contribution in [0.4, 0.5) is 0 Å². The van der Waals surface area contributed by atoms with E-state index in [0.717, 1.165) is 13.1 Å². The zero-order chi connectivity index (χ0) is 12.1. The molecule has 0 spiro atoms. The molecule has 0 saturated carbocycles. The molecule has 0 amide bonds. The summed E-state index contributed by atoms with van der Waals surface area (Å²) in [5.74, 6) is 1.23. The highest BCUT2D eigenvalue weighted by atomic mass is 32.2. The lowest BCUT2D eigenvalue weighted by molar-refractivity contribution is 0.265. The van der Waals surface area contributed by atoms with Crippen molar-refractivity contribution in [3.05, 3.63) is 0 Å². The van der Waals surface area contributed by atoms with Gasteiger partial charge in [0.2, 0.25) is 0 Å². The van der Waals surface area contributed by atoms with E-state index in [1.165, 1.54) is 51.1 Å². The van der Waals surface area contributed by atoms with E-state index in [1.807, 2.05) is 11.8 Å². The van der Waals surface area contributed by atoms with Crippen molar-refractivity contribution in [2.75, 3.05) is 44.7 Å². The highest BCUT2D eigenvalue weighted by Crippen LogP contribution is 1.98. The summed E-state index contributed by atoms with van der Waals surface area (Å²) in [6.07, 6.45) is 7.46. The summed E-state index contributed by atoms with van der Waals surface area (Å²) >= 11 is 1.91. The molecule has 0 bridgehead atoms. The summed E-state index contributed by atoms with van der Waals surface area (Å²) in [5, 5.41) is 3.51.